The van der Waals surface area contributed by atoms with Crippen LogP contribution in [0.5, 0.6) is 0 Å². The number of nitrogens with zero attached hydrogens (tertiary/aromatic N) is 1. The molecule has 1 aliphatic heterocycles. The van der Waals surface area contributed by atoms with E-state index >= 15 is 0 Å². The molecule has 2 heterocycles. The summed E-state index contributed by atoms with van der Waals surface area (Å²) in [4.78, 5) is 5.63. The van der Waals surface area contributed by atoms with Gasteiger partial charge in [-0.3, -0.25) is 0 Å². The summed E-state index contributed by atoms with van der Waals surface area (Å²) >= 11 is 0. The topological polar surface area (TPSA) is 39.3 Å². The van der Waals surface area contributed by atoms with Gasteiger partial charge >= 0.3 is 0 Å². The van der Waals surface area contributed by atoms with Crippen molar-refractivity contribution >= 4 is 16.6 Å². The van der Waals surface area contributed by atoms with Gasteiger partial charge in [-0.1, -0.05) is 18.2 Å². The summed E-state index contributed by atoms with van der Waals surface area (Å²) in [5, 5.41) is 11.0. The van der Waals surface area contributed by atoms with Crippen molar-refractivity contribution in [3.63, 3.8) is 0 Å². The third-order valence-electron chi connectivity index (χ3n) is 3.64. The van der Waals surface area contributed by atoms with Gasteiger partial charge in [0, 0.05) is 24.7 Å². The number of aliphatic hydroxyl groups is 1. The molecule has 1 saturated heterocycles. The second-order valence-electron chi connectivity index (χ2n) is 4.91. The highest BCUT2D eigenvalue weighted by atomic mass is 16.3. The Bertz CT molecular complexity index is 532. The number of para-hydroxylation sites is 1. The maximum atomic E-state index is 9.75. The van der Waals surface area contributed by atoms with Gasteiger partial charge in [0.25, 0.3) is 0 Å². The van der Waals surface area contributed by atoms with E-state index < -0.39 is 0 Å². The van der Waals surface area contributed by atoms with Crippen molar-refractivity contribution in [3.05, 3.63) is 30.0 Å². The number of hydrogen-bond acceptors (Lipinski definition) is 2. The van der Waals surface area contributed by atoms with Crippen molar-refractivity contribution in [1.29, 1.82) is 0 Å². The molecule has 1 unspecified atom stereocenters. The molecule has 2 N–H and O–H groups in total. The van der Waals surface area contributed by atoms with Crippen LogP contribution in [0.1, 0.15) is 18.4 Å². The molecule has 1 aromatic carbocycles. The highest BCUT2D eigenvalue weighted by molar-refractivity contribution is 5.94. The SMILES string of the molecule is Cc1cccc2c(N3CCCC(O)C3)c[nH]c12. The summed E-state index contributed by atoms with van der Waals surface area (Å²) in [6, 6.07) is 6.36. The van der Waals surface area contributed by atoms with E-state index in [-0.39, 0.29) is 6.10 Å². The van der Waals surface area contributed by atoms with E-state index in [2.05, 4.69) is 41.2 Å². The predicted octanol–water partition coefficient (Wildman–Crippen LogP) is 2.44. The molecule has 0 radical (unpaired) electrons. The van der Waals surface area contributed by atoms with Crippen LogP contribution >= 0.6 is 0 Å². The Morgan fingerprint density at radius 2 is 2.29 bits per heavy atom. The molecule has 2 aromatic rings. The Labute approximate surface area is 101 Å². The zero-order chi connectivity index (χ0) is 11.8. The van der Waals surface area contributed by atoms with Crippen LogP contribution in [0.25, 0.3) is 10.9 Å². The number of aromatic nitrogens is 1. The fourth-order valence-electron chi connectivity index (χ4n) is 2.73. The van der Waals surface area contributed by atoms with Crippen molar-refractivity contribution in [2.45, 2.75) is 25.9 Å². The largest absolute Gasteiger partial charge is 0.391 e. The number of rotatable bonds is 1. The minimum absolute atomic E-state index is 0.182. The summed E-state index contributed by atoms with van der Waals surface area (Å²) in [5.74, 6) is 0. The number of nitrogens with one attached hydrogen (secondary N) is 1. The van der Waals surface area contributed by atoms with Crippen molar-refractivity contribution in [2.75, 3.05) is 18.0 Å². The number of H-pyrrole nitrogens is 1. The van der Waals surface area contributed by atoms with Crippen LogP contribution in [0.2, 0.25) is 0 Å². The predicted molar refractivity (Wildman–Crippen MR) is 70.5 cm³/mol. The van der Waals surface area contributed by atoms with Gasteiger partial charge in [0.2, 0.25) is 0 Å². The minimum atomic E-state index is -0.182. The number of anilines is 1. The summed E-state index contributed by atoms with van der Waals surface area (Å²) in [5.41, 5.74) is 3.70. The monoisotopic (exact) mass is 230 g/mol. The quantitative estimate of drug-likeness (QED) is 0.789. The number of aryl methyl sites for hydroxylation is 1. The van der Waals surface area contributed by atoms with Crippen molar-refractivity contribution < 1.29 is 5.11 Å². The van der Waals surface area contributed by atoms with Gasteiger partial charge in [-0.2, -0.15) is 0 Å². The molecule has 0 saturated carbocycles. The second kappa shape index (κ2) is 4.08. The van der Waals surface area contributed by atoms with Crippen molar-refractivity contribution in [1.82, 2.24) is 4.98 Å². The number of hydrogen-bond donors (Lipinski definition) is 2. The first-order valence-corrected chi connectivity index (χ1v) is 6.25. The molecule has 0 aliphatic carbocycles. The van der Waals surface area contributed by atoms with Gasteiger partial charge in [0.15, 0.2) is 0 Å². The molecule has 0 spiro atoms. The molecule has 90 valence electrons. The van der Waals surface area contributed by atoms with Crippen LogP contribution in [0.4, 0.5) is 5.69 Å². The van der Waals surface area contributed by atoms with E-state index in [9.17, 15) is 5.11 Å². The highest BCUT2D eigenvalue weighted by Crippen LogP contribution is 2.30. The molecular formula is C14H18N2O. The van der Waals surface area contributed by atoms with Crippen LogP contribution < -0.4 is 4.90 Å². The van der Waals surface area contributed by atoms with Gasteiger partial charge in [-0.25, -0.2) is 0 Å². The highest BCUT2D eigenvalue weighted by Gasteiger charge is 2.20. The van der Waals surface area contributed by atoms with Crippen LogP contribution in [-0.4, -0.2) is 29.3 Å². The Kier molecular flexibility index (Phi) is 2.56. The Morgan fingerprint density at radius 1 is 1.41 bits per heavy atom. The number of aliphatic hydroxyl groups excluding tert-OH is 1. The minimum Gasteiger partial charge on any atom is -0.391 e. The van der Waals surface area contributed by atoms with E-state index in [1.807, 2.05) is 0 Å². The van der Waals surface area contributed by atoms with Crippen molar-refractivity contribution in [3.8, 4) is 0 Å². The molecule has 0 amide bonds. The summed E-state index contributed by atoms with van der Waals surface area (Å²) in [6.45, 7) is 3.91. The van der Waals surface area contributed by atoms with Gasteiger partial charge in [-0.05, 0) is 25.3 Å². The Morgan fingerprint density at radius 3 is 3.12 bits per heavy atom. The molecule has 3 rings (SSSR count). The van der Waals surface area contributed by atoms with Crippen LogP contribution in [0.3, 0.4) is 0 Å². The number of benzene rings is 1. The molecule has 1 aromatic heterocycles. The Hall–Kier alpha value is -1.48. The summed E-state index contributed by atoms with van der Waals surface area (Å²) in [6.07, 6.45) is 3.88. The zero-order valence-corrected chi connectivity index (χ0v) is 10.1. The smallest absolute Gasteiger partial charge is 0.0715 e. The fourth-order valence-corrected chi connectivity index (χ4v) is 2.73. The maximum Gasteiger partial charge on any atom is 0.0715 e. The van der Waals surface area contributed by atoms with E-state index in [1.54, 1.807) is 0 Å². The number of β-amino-alcohol motifs (C(OH)–C–C–N with tert-alkyl or cyclic N) is 1. The summed E-state index contributed by atoms with van der Waals surface area (Å²) in [7, 11) is 0. The average molecular weight is 230 g/mol. The molecule has 0 bridgehead atoms. The van der Waals surface area contributed by atoms with E-state index in [0.29, 0.717) is 0 Å². The number of aromatic amines is 1. The molecule has 3 heteroatoms. The lowest BCUT2D eigenvalue weighted by molar-refractivity contribution is 0.154. The first-order valence-electron chi connectivity index (χ1n) is 6.25. The molecule has 1 aliphatic rings. The number of piperidine rings is 1. The molecule has 1 atom stereocenters. The van der Waals surface area contributed by atoms with Gasteiger partial charge in [0.05, 0.1) is 17.3 Å². The third kappa shape index (κ3) is 1.80. The zero-order valence-electron chi connectivity index (χ0n) is 10.1. The Balaban J connectivity index is 2.02. The van der Waals surface area contributed by atoms with Gasteiger partial charge < -0.3 is 15.0 Å². The maximum absolute atomic E-state index is 9.75. The lowest BCUT2D eigenvalue weighted by Gasteiger charge is -2.31. The molecule has 3 nitrogen and oxygen atoms in total. The first-order chi connectivity index (χ1) is 8.25. The molecule has 1 fully saturated rings. The molecular weight excluding hydrogens is 212 g/mol. The second-order valence-corrected chi connectivity index (χ2v) is 4.91. The lowest BCUT2D eigenvalue weighted by Crippen LogP contribution is -2.38. The lowest BCUT2D eigenvalue weighted by atomic mass is 10.1. The van der Waals surface area contributed by atoms with Crippen LogP contribution in [0.15, 0.2) is 24.4 Å². The van der Waals surface area contributed by atoms with E-state index in [0.717, 1.165) is 25.9 Å². The standard InChI is InChI=1S/C14H18N2O/c1-10-4-2-6-12-13(8-15-14(10)12)16-7-3-5-11(17)9-16/h2,4,6,8,11,15,17H,3,5,7,9H2,1H3. The van der Waals surface area contributed by atoms with Crippen molar-refractivity contribution in [2.24, 2.45) is 0 Å². The van der Waals surface area contributed by atoms with Crippen LogP contribution in [0, 0.1) is 6.92 Å². The first kappa shape index (κ1) is 10.7. The fraction of sp³-hybridized carbons (Fsp3) is 0.429. The van der Waals surface area contributed by atoms with Gasteiger partial charge in [0.1, 0.15) is 0 Å². The van der Waals surface area contributed by atoms with E-state index in [1.165, 1.54) is 22.2 Å². The summed E-state index contributed by atoms with van der Waals surface area (Å²) < 4.78 is 0. The third-order valence-corrected chi connectivity index (χ3v) is 3.64. The number of fused-ring (bicyclic) bond motifs is 1. The normalized spacial score (nSPS) is 21.1. The average Bonchev–Trinajstić information content (AvgIpc) is 2.74. The van der Waals surface area contributed by atoms with Gasteiger partial charge in [-0.15, -0.1) is 0 Å². The molecule has 17 heavy (non-hydrogen) atoms. The van der Waals surface area contributed by atoms with Crippen LogP contribution in [-0.2, 0) is 0 Å². The van der Waals surface area contributed by atoms with E-state index in [4.69, 9.17) is 0 Å².